The molecule has 0 spiro atoms. The zero-order chi connectivity index (χ0) is 10.7. The van der Waals surface area contributed by atoms with Crippen LogP contribution in [0.4, 0.5) is 11.4 Å². The van der Waals surface area contributed by atoms with Crippen molar-refractivity contribution in [3.05, 3.63) is 44.5 Å². The Labute approximate surface area is 78.8 Å². The normalized spacial score (nSPS) is 9.50. The Morgan fingerprint density at radius 3 is 2.00 bits per heavy atom. The summed E-state index contributed by atoms with van der Waals surface area (Å²) in [5.41, 5.74) is 0.200. The van der Waals surface area contributed by atoms with Crippen LogP contribution in [-0.4, -0.2) is 17.0 Å². The molecule has 0 atom stereocenters. The van der Waals surface area contributed by atoms with Crippen LogP contribution in [0.5, 0.6) is 0 Å². The maximum absolute atomic E-state index is 10.3. The largest absolute Gasteiger partial charge is 0.269 e. The van der Waals surface area contributed by atoms with Crippen LogP contribution < -0.4 is 5.01 Å². The molecule has 0 unspecified atom stereocenters. The van der Waals surface area contributed by atoms with Crippen LogP contribution in [0, 0.1) is 20.2 Å². The predicted octanol–water partition coefficient (Wildman–Crippen LogP) is 1.22. The first-order valence-corrected chi connectivity index (χ1v) is 3.65. The maximum atomic E-state index is 10.3. The zero-order valence-electron chi connectivity index (χ0n) is 7.28. The predicted molar refractivity (Wildman–Crippen MR) is 48.5 cm³/mol. The van der Waals surface area contributed by atoms with Gasteiger partial charge in [-0.15, -0.1) is 0 Å². The lowest BCUT2D eigenvalue weighted by Crippen LogP contribution is -2.24. The second kappa shape index (κ2) is 3.69. The van der Waals surface area contributed by atoms with E-state index in [0.717, 1.165) is 5.01 Å². The van der Waals surface area contributed by atoms with Gasteiger partial charge in [-0.25, -0.2) is 10.1 Å². The van der Waals surface area contributed by atoms with Gasteiger partial charge in [0, 0.05) is 12.1 Å². The molecule has 0 saturated heterocycles. The van der Waals surface area contributed by atoms with E-state index in [1.807, 2.05) is 0 Å². The van der Waals surface area contributed by atoms with E-state index in [-0.39, 0.29) is 5.69 Å². The summed E-state index contributed by atoms with van der Waals surface area (Å²) in [5, 5.41) is 20.8. The molecule has 0 aliphatic heterocycles. The Morgan fingerprint density at radius 1 is 1.14 bits per heavy atom. The highest BCUT2D eigenvalue weighted by atomic mass is 16.7. The highest BCUT2D eigenvalue weighted by Gasteiger charge is 2.12. The Balaban J connectivity index is 2.94. The molecule has 74 valence electrons. The van der Waals surface area contributed by atoms with Gasteiger partial charge in [-0.1, -0.05) is 5.01 Å². The number of nitrogens with zero attached hydrogens (tertiary/aromatic N) is 3. The summed E-state index contributed by atoms with van der Waals surface area (Å²) in [6.45, 7) is 0. The molecule has 0 aromatic heterocycles. The van der Waals surface area contributed by atoms with Crippen molar-refractivity contribution < 1.29 is 9.96 Å². The average molecular weight is 197 g/mol. The van der Waals surface area contributed by atoms with Crippen molar-refractivity contribution in [2.45, 2.75) is 0 Å². The van der Waals surface area contributed by atoms with E-state index < -0.39 is 9.96 Å². The number of rotatable bonds is 3. The first-order valence-electron chi connectivity index (χ1n) is 3.65. The van der Waals surface area contributed by atoms with Crippen molar-refractivity contribution in [1.82, 2.24) is 0 Å². The second-order valence-corrected chi connectivity index (χ2v) is 2.53. The highest BCUT2D eigenvalue weighted by molar-refractivity contribution is 5.48. The van der Waals surface area contributed by atoms with Gasteiger partial charge < -0.3 is 0 Å². The van der Waals surface area contributed by atoms with Crippen LogP contribution in [0.2, 0.25) is 0 Å². The summed E-state index contributed by atoms with van der Waals surface area (Å²) in [4.78, 5) is 20.0. The van der Waals surface area contributed by atoms with Gasteiger partial charge in [0.2, 0.25) is 0 Å². The number of anilines is 1. The monoisotopic (exact) mass is 197 g/mol. The van der Waals surface area contributed by atoms with Crippen LogP contribution in [0.3, 0.4) is 0 Å². The molecule has 14 heavy (non-hydrogen) atoms. The van der Waals surface area contributed by atoms with E-state index >= 15 is 0 Å². The Hall–Kier alpha value is -2.18. The molecule has 0 bridgehead atoms. The molecule has 0 fully saturated rings. The molecule has 7 heteroatoms. The smallest absolute Gasteiger partial charge is 0.258 e. The fourth-order valence-electron chi connectivity index (χ4n) is 0.884. The molecule has 0 aliphatic carbocycles. The molecule has 1 aromatic carbocycles. The first-order chi connectivity index (χ1) is 6.52. The number of benzene rings is 1. The van der Waals surface area contributed by atoms with Crippen LogP contribution in [-0.2, 0) is 0 Å². The van der Waals surface area contributed by atoms with E-state index in [2.05, 4.69) is 0 Å². The molecule has 7 nitrogen and oxygen atoms in total. The zero-order valence-corrected chi connectivity index (χ0v) is 7.28. The molecule has 1 aromatic rings. The quantitative estimate of drug-likeness (QED) is 0.536. The number of nitro groups is 2. The van der Waals surface area contributed by atoms with Gasteiger partial charge >= 0.3 is 0 Å². The van der Waals surface area contributed by atoms with Crippen molar-refractivity contribution in [3.8, 4) is 0 Å². The lowest BCUT2D eigenvalue weighted by molar-refractivity contribution is -0.490. The molecule has 0 aliphatic rings. The number of nitro benzene ring substituents is 1. The number of non-ortho nitro benzene ring substituents is 1. The van der Waals surface area contributed by atoms with Gasteiger partial charge in [-0.2, -0.15) is 0 Å². The van der Waals surface area contributed by atoms with Gasteiger partial charge in [-0.05, 0) is 12.1 Å². The van der Waals surface area contributed by atoms with E-state index in [1.54, 1.807) is 0 Å². The van der Waals surface area contributed by atoms with Crippen molar-refractivity contribution in [1.29, 1.82) is 0 Å². The topological polar surface area (TPSA) is 89.5 Å². The number of hydrogen-bond acceptors (Lipinski definition) is 4. The first kappa shape index (κ1) is 9.90. The van der Waals surface area contributed by atoms with Gasteiger partial charge in [0.25, 0.3) is 5.69 Å². The van der Waals surface area contributed by atoms with E-state index in [0.29, 0.717) is 5.69 Å². The third-order valence-electron chi connectivity index (χ3n) is 1.68. The van der Waals surface area contributed by atoms with Gasteiger partial charge in [0.15, 0.2) is 5.03 Å². The summed E-state index contributed by atoms with van der Waals surface area (Å²) in [5.74, 6) is 0. The average Bonchev–Trinajstić information content (AvgIpc) is 2.16. The summed E-state index contributed by atoms with van der Waals surface area (Å²) in [7, 11) is 1.27. The summed E-state index contributed by atoms with van der Waals surface area (Å²) in [6.07, 6.45) is 0. The van der Waals surface area contributed by atoms with Gasteiger partial charge in [0.1, 0.15) is 5.69 Å². The number of hydrogen-bond donors (Lipinski definition) is 0. The van der Waals surface area contributed by atoms with Crippen LogP contribution in [0.15, 0.2) is 24.3 Å². The minimum atomic E-state index is -0.610. The summed E-state index contributed by atoms with van der Waals surface area (Å²) >= 11 is 0. The summed E-state index contributed by atoms with van der Waals surface area (Å²) < 4.78 is 0. The number of hydrazine groups is 1. The lowest BCUT2D eigenvalue weighted by atomic mass is 10.3. The van der Waals surface area contributed by atoms with Crippen LogP contribution >= 0.6 is 0 Å². The molecule has 1 rings (SSSR count). The van der Waals surface area contributed by atoms with Crippen molar-refractivity contribution in [2.24, 2.45) is 0 Å². The summed E-state index contributed by atoms with van der Waals surface area (Å²) in [6, 6.07) is 5.08. The third kappa shape index (κ3) is 1.94. The van der Waals surface area contributed by atoms with Crippen molar-refractivity contribution in [2.75, 3.05) is 12.1 Å². The van der Waals surface area contributed by atoms with Crippen molar-refractivity contribution in [3.63, 3.8) is 0 Å². The van der Waals surface area contributed by atoms with Crippen LogP contribution in [0.1, 0.15) is 0 Å². The minimum Gasteiger partial charge on any atom is -0.258 e. The Kier molecular flexibility index (Phi) is 2.61. The molecule has 0 amide bonds. The minimum absolute atomic E-state index is 0.0921. The highest BCUT2D eigenvalue weighted by Crippen LogP contribution is 2.17. The fourth-order valence-corrected chi connectivity index (χ4v) is 0.884. The van der Waals surface area contributed by atoms with Crippen LogP contribution in [0.25, 0.3) is 0 Å². The van der Waals surface area contributed by atoms with Gasteiger partial charge in [-0.3, -0.25) is 10.1 Å². The van der Waals surface area contributed by atoms with Gasteiger partial charge in [0.05, 0.1) is 12.0 Å². The molecule has 0 radical (unpaired) electrons. The molecule has 0 heterocycles. The maximum Gasteiger partial charge on any atom is 0.269 e. The molecule has 0 saturated carbocycles. The standard InChI is InChI=1S/C7H7N3O4/c1-8(10(13)14)6-2-4-7(5-3-6)9(11)12/h2-5H,1H3. The second-order valence-electron chi connectivity index (χ2n) is 2.53. The Morgan fingerprint density at radius 2 is 1.64 bits per heavy atom. The molecule has 0 N–H and O–H groups in total. The Bertz CT molecular complexity index is 362. The lowest BCUT2D eigenvalue weighted by Gasteiger charge is -2.06. The van der Waals surface area contributed by atoms with E-state index in [9.17, 15) is 20.2 Å². The third-order valence-corrected chi connectivity index (χ3v) is 1.68. The molecular formula is C7H7N3O4. The van der Waals surface area contributed by atoms with E-state index in [4.69, 9.17) is 0 Å². The van der Waals surface area contributed by atoms with Crippen molar-refractivity contribution >= 4 is 11.4 Å². The fraction of sp³-hybridized carbons (Fsp3) is 0.143. The SMILES string of the molecule is CN(c1ccc([N+](=O)[O-])cc1)[N+](=O)[O-]. The van der Waals surface area contributed by atoms with E-state index in [1.165, 1.54) is 31.3 Å². The molecular weight excluding hydrogens is 190 g/mol.